The number of nitrogens with one attached hydrogen (secondary N) is 1. The minimum Gasteiger partial charge on any atom is -0.354 e. The van der Waals surface area contributed by atoms with E-state index in [-0.39, 0.29) is 17.8 Å². The van der Waals surface area contributed by atoms with E-state index in [1.165, 1.54) is 12.1 Å². The van der Waals surface area contributed by atoms with Crippen molar-refractivity contribution in [2.45, 2.75) is 45.6 Å². The van der Waals surface area contributed by atoms with Crippen molar-refractivity contribution < 1.29 is 9.18 Å². The van der Waals surface area contributed by atoms with Gasteiger partial charge in [-0.15, -0.1) is 0 Å². The van der Waals surface area contributed by atoms with Crippen LogP contribution in [0.5, 0.6) is 0 Å². The molecule has 166 valence electrons. The van der Waals surface area contributed by atoms with Crippen molar-refractivity contribution in [3.63, 3.8) is 0 Å². The molecule has 1 amide bonds. The summed E-state index contributed by atoms with van der Waals surface area (Å²) in [7, 11) is 0. The predicted molar refractivity (Wildman–Crippen MR) is 120 cm³/mol. The van der Waals surface area contributed by atoms with Crippen LogP contribution in [-0.2, 0) is 11.2 Å². The fourth-order valence-electron chi connectivity index (χ4n) is 4.13. The molecular weight excluding hydrogens is 407 g/mol. The highest BCUT2D eigenvalue weighted by Crippen LogP contribution is 2.31. The van der Waals surface area contributed by atoms with E-state index in [0.29, 0.717) is 31.9 Å². The Balaban J connectivity index is 1.39. The molecule has 1 fully saturated rings. The number of benzene rings is 1. The third kappa shape index (κ3) is 5.43. The Morgan fingerprint density at radius 3 is 2.75 bits per heavy atom. The van der Waals surface area contributed by atoms with E-state index in [0.717, 1.165) is 41.2 Å². The number of hydrogen-bond donors (Lipinski definition) is 1. The van der Waals surface area contributed by atoms with Crippen molar-refractivity contribution in [2.75, 3.05) is 18.4 Å². The van der Waals surface area contributed by atoms with Crippen LogP contribution in [0.2, 0.25) is 0 Å². The van der Waals surface area contributed by atoms with Crippen molar-refractivity contribution in [3.8, 4) is 0 Å². The summed E-state index contributed by atoms with van der Waals surface area (Å²) < 4.78 is 13.5. The molecule has 4 rings (SSSR count). The number of rotatable bonds is 7. The van der Waals surface area contributed by atoms with E-state index in [2.05, 4.69) is 20.3 Å². The third-order valence-corrected chi connectivity index (χ3v) is 5.50. The van der Waals surface area contributed by atoms with Gasteiger partial charge in [0.2, 0.25) is 11.9 Å². The predicted octanol–water partition coefficient (Wildman–Crippen LogP) is 3.78. The Morgan fingerprint density at radius 2 is 1.97 bits per heavy atom. The fraction of sp³-hybridized carbons (Fsp3) is 0.375. The molecule has 3 aromatic rings. The standard InChI is InChI=1S/C24H27FN6O/c1-16-11-17(2)29-24(28-16)27-9-8-23(32)31-10-4-7-22(31)21-15-26-14-20(30-21)13-18-5-3-6-19(25)12-18/h3,5-6,11-12,14-15,22H,4,7-10,13H2,1-2H3,(H,27,28,29)/t22-/m1/s1. The van der Waals surface area contributed by atoms with Crippen LogP contribution >= 0.6 is 0 Å². The van der Waals surface area contributed by atoms with Crippen molar-refractivity contribution in [2.24, 2.45) is 0 Å². The second-order valence-electron chi connectivity index (χ2n) is 8.14. The van der Waals surface area contributed by atoms with Gasteiger partial charge in [0, 0.05) is 43.5 Å². The van der Waals surface area contributed by atoms with Crippen molar-refractivity contribution in [1.29, 1.82) is 0 Å². The average Bonchev–Trinajstić information content (AvgIpc) is 3.23. The second-order valence-corrected chi connectivity index (χ2v) is 8.14. The molecular formula is C24H27FN6O. The fourth-order valence-corrected chi connectivity index (χ4v) is 4.13. The largest absolute Gasteiger partial charge is 0.354 e. The lowest BCUT2D eigenvalue weighted by molar-refractivity contribution is -0.131. The second kappa shape index (κ2) is 9.80. The first-order valence-corrected chi connectivity index (χ1v) is 10.9. The summed E-state index contributed by atoms with van der Waals surface area (Å²) in [6.07, 6.45) is 6.07. The van der Waals surface area contributed by atoms with Crippen LogP contribution in [0, 0.1) is 19.7 Å². The average molecular weight is 435 g/mol. The highest BCUT2D eigenvalue weighted by atomic mass is 19.1. The SMILES string of the molecule is Cc1cc(C)nc(NCCC(=O)N2CCC[C@@H]2c2cncc(Cc3cccc(F)c3)n2)n1. The molecule has 0 unspecified atom stereocenters. The highest BCUT2D eigenvalue weighted by molar-refractivity contribution is 5.77. The normalized spacial score (nSPS) is 15.7. The monoisotopic (exact) mass is 434 g/mol. The van der Waals surface area contributed by atoms with E-state index in [1.807, 2.05) is 30.9 Å². The first-order valence-electron chi connectivity index (χ1n) is 10.9. The summed E-state index contributed by atoms with van der Waals surface area (Å²) >= 11 is 0. The van der Waals surface area contributed by atoms with E-state index in [4.69, 9.17) is 4.98 Å². The Morgan fingerprint density at radius 1 is 1.16 bits per heavy atom. The molecule has 1 atom stereocenters. The van der Waals surface area contributed by atoms with Gasteiger partial charge in [0.25, 0.3) is 0 Å². The van der Waals surface area contributed by atoms with E-state index >= 15 is 0 Å². The molecule has 1 saturated heterocycles. The summed E-state index contributed by atoms with van der Waals surface area (Å²) in [5.74, 6) is 0.352. The smallest absolute Gasteiger partial charge is 0.224 e. The number of carbonyl (C=O) groups excluding carboxylic acids is 1. The zero-order valence-electron chi connectivity index (χ0n) is 18.4. The molecule has 8 heteroatoms. The summed E-state index contributed by atoms with van der Waals surface area (Å²) in [5.41, 5.74) is 4.18. The van der Waals surface area contributed by atoms with Crippen LogP contribution < -0.4 is 5.32 Å². The number of nitrogens with zero attached hydrogens (tertiary/aromatic N) is 5. The van der Waals surface area contributed by atoms with Gasteiger partial charge in [-0.3, -0.25) is 14.8 Å². The minimum atomic E-state index is -0.265. The quantitative estimate of drug-likeness (QED) is 0.609. The molecule has 32 heavy (non-hydrogen) atoms. The molecule has 0 saturated carbocycles. The van der Waals surface area contributed by atoms with Gasteiger partial charge in [0.05, 0.1) is 23.6 Å². The van der Waals surface area contributed by atoms with Crippen molar-refractivity contribution >= 4 is 11.9 Å². The summed E-state index contributed by atoms with van der Waals surface area (Å²) in [5, 5.41) is 3.15. The molecule has 1 N–H and O–H groups in total. The number of amides is 1. The van der Waals surface area contributed by atoms with Crippen LogP contribution in [0.3, 0.4) is 0 Å². The van der Waals surface area contributed by atoms with Gasteiger partial charge in [-0.2, -0.15) is 0 Å². The van der Waals surface area contributed by atoms with Crippen LogP contribution in [0.15, 0.2) is 42.7 Å². The first-order chi connectivity index (χ1) is 15.5. The van der Waals surface area contributed by atoms with E-state index < -0.39 is 0 Å². The molecule has 0 spiro atoms. The van der Waals surface area contributed by atoms with Gasteiger partial charge in [-0.05, 0) is 50.5 Å². The summed E-state index contributed by atoms with van der Waals surface area (Å²) in [4.78, 5) is 32.6. The van der Waals surface area contributed by atoms with Gasteiger partial charge in [0.15, 0.2) is 0 Å². The molecule has 1 aliphatic heterocycles. The van der Waals surface area contributed by atoms with Gasteiger partial charge in [-0.1, -0.05) is 12.1 Å². The molecule has 1 aromatic carbocycles. The lowest BCUT2D eigenvalue weighted by atomic mass is 10.1. The third-order valence-electron chi connectivity index (χ3n) is 5.50. The maximum Gasteiger partial charge on any atom is 0.224 e. The number of hydrogen-bond acceptors (Lipinski definition) is 6. The van der Waals surface area contributed by atoms with Crippen LogP contribution in [-0.4, -0.2) is 43.8 Å². The molecule has 0 bridgehead atoms. The molecule has 0 radical (unpaired) electrons. The number of aromatic nitrogens is 4. The lowest BCUT2D eigenvalue weighted by Gasteiger charge is -2.24. The van der Waals surface area contributed by atoms with E-state index in [1.54, 1.807) is 18.5 Å². The van der Waals surface area contributed by atoms with Crippen molar-refractivity contribution in [1.82, 2.24) is 24.8 Å². The molecule has 1 aliphatic rings. The molecule has 2 aromatic heterocycles. The topological polar surface area (TPSA) is 83.9 Å². The maximum absolute atomic E-state index is 13.5. The van der Waals surface area contributed by atoms with Crippen molar-refractivity contribution in [3.05, 3.63) is 76.9 Å². The Bertz CT molecular complexity index is 1090. The van der Waals surface area contributed by atoms with E-state index in [9.17, 15) is 9.18 Å². The Labute approximate surface area is 187 Å². The molecule has 7 nitrogen and oxygen atoms in total. The van der Waals surface area contributed by atoms with Crippen LogP contribution in [0.4, 0.5) is 10.3 Å². The zero-order chi connectivity index (χ0) is 22.5. The lowest BCUT2D eigenvalue weighted by Crippen LogP contribution is -2.32. The minimum absolute atomic E-state index is 0.0710. The summed E-state index contributed by atoms with van der Waals surface area (Å²) in [6, 6.07) is 8.32. The Kier molecular flexibility index (Phi) is 6.68. The molecule has 3 heterocycles. The number of likely N-dealkylation sites (tertiary alicyclic amines) is 1. The zero-order valence-corrected chi connectivity index (χ0v) is 18.4. The van der Waals surface area contributed by atoms with Gasteiger partial charge < -0.3 is 10.2 Å². The van der Waals surface area contributed by atoms with Crippen LogP contribution in [0.25, 0.3) is 0 Å². The molecule has 0 aliphatic carbocycles. The van der Waals surface area contributed by atoms with Crippen LogP contribution in [0.1, 0.15) is 53.6 Å². The highest BCUT2D eigenvalue weighted by Gasteiger charge is 2.31. The van der Waals surface area contributed by atoms with Gasteiger partial charge in [0.1, 0.15) is 5.82 Å². The first kappa shape index (κ1) is 21.8. The number of halogens is 1. The Hall–Kier alpha value is -3.42. The number of anilines is 1. The van der Waals surface area contributed by atoms with Gasteiger partial charge >= 0.3 is 0 Å². The van der Waals surface area contributed by atoms with Gasteiger partial charge in [-0.25, -0.2) is 14.4 Å². The summed E-state index contributed by atoms with van der Waals surface area (Å²) in [6.45, 7) is 5.02. The number of aryl methyl sites for hydroxylation is 2. The maximum atomic E-state index is 13.5. The number of carbonyl (C=O) groups is 1.